The summed E-state index contributed by atoms with van der Waals surface area (Å²) in [6.45, 7) is 4.98. The van der Waals surface area contributed by atoms with Gasteiger partial charge in [0.1, 0.15) is 12.0 Å². The second-order valence-electron chi connectivity index (χ2n) is 6.64. The molecule has 9 heteroatoms. The van der Waals surface area contributed by atoms with Crippen molar-refractivity contribution < 1.29 is 14.5 Å². The molecule has 1 fully saturated rings. The van der Waals surface area contributed by atoms with E-state index < -0.39 is 4.92 Å². The standard InChI is InChI=1S/C19H23N5O4/c1-14-11-17(24(26)27)12-20-19(14)22(2)13-18(25)21-15-3-5-16(6-4-15)23-7-9-28-10-8-23/h3-6,11-12H,7-10,13H2,1-2H3,(H,21,25). The van der Waals surface area contributed by atoms with Crippen LogP contribution >= 0.6 is 0 Å². The summed E-state index contributed by atoms with van der Waals surface area (Å²) in [7, 11) is 1.72. The van der Waals surface area contributed by atoms with E-state index in [1.165, 1.54) is 12.3 Å². The maximum atomic E-state index is 12.4. The van der Waals surface area contributed by atoms with Crippen molar-refractivity contribution >= 4 is 28.8 Å². The van der Waals surface area contributed by atoms with Gasteiger partial charge in [0.05, 0.1) is 24.7 Å². The van der Waals surface area contributed by atoms with E-state index >= 15 is 0 Å². The number of pyridine rings is 1. The minimum atomic E-state index is -0.489. The number of carbonyl (C=O) groups is 1. The van der Waals surface area contributed by atoms with Crippen LogP contribution in [0.4, 0.5) is 22.9 Å². The van der Waals surface area contributed by atoms with Crippen LogP contribution in [0.2, 0.25) is 0 Å². The molecule has 1 N–H and O–H groups in total. The Hall–Kier alpha value is -3.20. The summed E-state index contributed by atoms with van der Waals surface area (Å²) >= 11 is 0. The van der Waals surface area contributed by atoms with Crippen LogP contribution in [0.25, 0.3) is 0 Å². The monoisotopic (exact) mass is 385 g/mol. The number of amides is 1. The van der Waals surface area contributed by atoms with Gasteiger partial charge in [-0.2, -0.15) is 0 Å². The molecule has 0 unspecified atom stereocenters. The van der Waals surface area contributed by atoms with Gasteiger partial charge in [-0.1, -0.05) is 0 Å². The lowest BCUT2D eigenvalue weighted by Gasteiger charge is -2.29. The number of nitrogens with one attached hydrogen (secondary N) is 1. The average Bonchev–Trinajstić information content (AvgIpc) is 2.69. The van der Waals surface area contributed by atoms with Gasteiger partial charge >= 0.3 is 0 Å². The van der Waals surface area contributed by atoms with Crippen molar-refractivity contribution in [2.24, 2.45) is 0 Å². The number of benzene rings is 1. The molecule has 148 valence electrons. The molecule has 1 aromatic carbocycles. The van der Waals surface area contributed by atoms with E-state index in [1.54, 1.807) is 18.9 Å². The number of morpholine rings is 1. The Balaban J connectivity index is 1.58. The fourth-order valence-electron chi connectivity index (χ4n) is 3.12. The van der Waals surface area contributed by atoms with E-state index in [0.29, 0.717) is 17.1 Å². The zero-order chi connectivity index (χ0) is 20.1. The maximum Gasteiger partial charge on any atom is 0.287 e. The average molecular weight is 385 g/mol. The van der Waals surface area contributed by atoms with Crippen LogP contribution in [-0.2, 0) is 9.53 Å². The van der Waals surface area contributed by atoms with Crippen LogP contribution in [0.15, 0.2) is 36.5 Å². The van der Waals surface area contributed by atoms with Crippen LogP contribution < -0.4 is 15.1 Å². The van der Waals surface area contributed by atoms with E-state index in [2.05, 4.69) is 15.2 Å². The number of carbonyl (C=O) groups excluding carboxylic acids is 1. The molecule has 1 aromatic heterocycles. The predicted octanol–water partition coefficient (Wildman–Crippen LogP) is 2.21. The molecule has 3 rings (SSSR count). The molecule has 0 aliphatic carbocycles. The molecule has 0 bridgehead atoms. The summed E-state index contributed by atoms with van der Waals surface area (Å²) < 4.78 is 5.36. The third kappa shape index (κ3) is 4.74. The Kier molecular flexibility index (Phi) is 6.05. The van der Waals surface area contributed by atoms with Gasteiger partial charge in [0.25, 0.3) is 5.69 Å². The van der Waals surface area contributed by atoms with E-state index in [-0.39, 0.29) is 18.1 Å². The Labute approximate surface area is 163 Å². The van der Waals surface area contributed by atoms with Crippen LogP contribution in [0.5, 0.6) is 0 Å². The molecule has 0 saturated carbocycles. The molecular formula is C19H23N5O4. The Bertz CT molecular complexity index is 850. The van der Waals surface area contributed by atoms with Crippen LogP contribution in [0, 0.1) is 17.0 Å². The highest BCUT2D eigenvalue weighted by Crippen LogP contribution is 2.21. The van der Waals surface area contributed by atoms with Crippen molar-refractivity contribution in [3.63, 3.8) is 0 Å². The first-order valence-corrected chi connectivity index (χ1v) is 8.99. The maximum absolute atomic E-state index is 12.4. The van der Waals surface area contributed by atoms with Crippen LogP contribution in [0.3, 0.4) is 0 Å². The molecular weight excluding hydrogens is 362 g/mol. The number of likely N-dealkylation sites (N-methyl/N-ethyl adjacent to an activating group) is 1. The van der Waals surface area contributed by atoms with Gasteiger partial charge in [0.15, 0.2) is 0 Å². The van der Waals surface area contributed by atoms with Crippen LogP contribution in [-0.4, -0.2) is 55.7 Å². The second-order valence-corrected chi connectivity index (χ2v) is 6.64. The van der Waals surface area contributed by atoms with Gasteiger partial charge in [0.2, 0.25) is 5.91 Å². The lowest BCUT2D eigenvalue weighted by atomic mass is 10.2. The second kappa shape index (κ2) is 8.66. The predicted molar refractivity (Wildman–Crippen MR) is 107 cm³/mol. The fourth-order valence-corrected chi connectivity index (χ4v) is 3.12. The number of aryl methyl sites for hydroxylation is 1. The number of hydrogen-bond acceptors (Lipinski definition) is 7. The number of anilines is 3. The summed E-state index contributed by atoms with van der Waals surface area (Å²) in [6, 6.07) is 9.15. The fraction of sp³-hybridized carbons (Fsp3) is 0.368. The first-order valence-electron chi connectivity index (χ1n) is 8.99. The van der Waals surface area contributed by atoms with Crippen molar-refractivity contribution in [1.82, 2.24) is 4.98 Å². The molecule has 0 radical (unpaired) electrons. The lowest BCUT2D eigenvalue weighted by molar-refractivity contribution is -0.385. The highest BCUT2D eigenvalue weighted by Gasteiger charge is 2.15. The van der Waals surface area contributed by atoms with Crippen molar-refractivity contribution in [3.8, 4) is 0 Å². The molecule has 0 atom stereocenters. The van der Waals surface area contributed by atoms with Crippen molar-refractivity contribution in [1.29, 1.82) is 0 Å². The van der Waals surface area contributed by atoms with Gasteiger partial charge in [-0.05, 0) is 36.8 Å². The third-order valence-corrected chi connectivity index (χ3v) is 4.52. The van der Waals surface area contributed by atoms with E-state index in [0.717, 1.165) is 32.0 Å². The molecule has 0 spiro atoms. The van der Waals surface area contributed by atoms with Crippen molar-refractivity contribution in [2.45, 2.75) is 6.92 Å². The number of nitro groups is 1. The molecule has 1 aliphatic heterocycles. The zero-order valence-electron chi connectivity index (χ0n) is 15.9. The van der Waals surface area contributed by atoms with E-state index in [9.17, 15) is 14.9 Å². The minimum Gasteiger partial charge on any atom is -0.378 e. The Morgan fingerprint density at radius 2 is 2.00 bits per heavy atom. The Morgan fingerprint density at radius 1 is 1.32 bits per heavy atom. The highest BCUT2D eigenvalue weighted by atomic mass is 16.6. The molecule has 28 heavy (non-hydrogen) atoms. The van der Waals surface area contributed by atoms with E-state index in [1.807, 2.05) is 24.3 Å². The normalized spacial score (nSPS) is 13.9. The molecule has 1 aliphatic rings. The summed E-state index contributed by atoms with van der Waals surface area (Å²) in [4.78, 5) is 30.7. The summed E-state index contributed by atoms with van der Waals surface area (Å²) in [5.41, 5.74) is 2.38. The molecule has 1 saturated heterocycles. The van der Waals surface area contributed by atoms with Crippen molar-refractivity contribution in [3.05, 3.63) is 52.2 Å². The molecule has 2 heterocycles. The largest absolute Gasteiger partial charge is 0.378 e. The highest BCUT2D eigenvalue weighted by molar-refractivity contribution is 5.94. The number of ether oxygens (including phenoxy) is 1. The quantitative estimate of drug-likeness (QED) is 0.601. The van der Waals surface area contributed by atoms with Gasteiger partial charge in [-0.25, -0.2) is 4.98 Å². The number of aromatic nitrogens is 1. The van der Waals surface area contributed by atoms with Crippen molar-refractivity contribution in [2.75, 3.05) is 55.0 Å². The third-order valence-electron chi connectivity index (χ3n) is 4.52. The smallest absolute Gasteiger partial charge is 0.287 e. The molecule has 1 amide bonds. The Morgan fingerprint density at radius 3 is 2.61 bits per heavy atom. The minimum absolute atomic E-state index is 0.0699. The first-order chi connectivity index (χ1) is 13.4. The van der Waals surface area contributed by atoms with Gasteiger partial charge < -0.3 is 19.9 Å². The molecule has 9 nitrogen and oxygen atoms in total. The van der Waals surface area contributed by atoms with Gasteiger partial charge in [0, 0.05) is 37.6 Å². The number of rotatable bonds is 6. The lowest BCUT2D eigenvalue weighted by Crippen LogP contribution is -2.36. The number of nitrogens with zero attached hydrogens (tertiary/aromatic N) is 4. The number of hydrogen-bond donors (Lipinski definition) is 1. The first kappa shape index (κ1) is 19.6. The molecule has 2 aromatic rings. The van der Waals surface area contributed by atoms with Crippen LogP contribution in [0.1, 0.15) is 5.56 Å². The SMILES string of the molecule is Cc1cc([N+](=O)[O-])cnc1N(C)CC(=O)Nc1ccc(N2CCOCC2)cc1. The summed E-state index contributed by atoms with van der Waals surface area (Å²) in [5.74, 6) is 0.338. The summed E-state index contributed by atoms with van der Waals surface area (Å²) in [6.07, 6.45) is 1.20. The summed E-state index contributed by atoms with van der Waals surface area (Å²) in [5, 5.41) is 13.7. The van der Waals surface area contributed by atoms with Gasteiger partial charge in [-0.15, -0.1) is 0 Å². The zero-order valence-corrected chi connectivity index (χ0v) is 15.9. The van der Waals surface area contributed by atoms with E-state index in [4.69, 9.17) is 4.74 Å². The topological polar surface area (TPSA) is 101 Å². The van der Waals surface area contributed by atoms with Gasteiger partial charge in [-0.3, -0.25) is 14.9 Å².